The predicted molar refractivity (Wildman–Crippen MR) is 71.8 cm³/mol. The van der Waals surface area contributed by atoms with Crippen LogP contribution in [0.25, 0.3) is 0 Å². The van der Waals surface area contributed by atoms with Crippen LogP contribution in [-0.2, 0) is 14.3 Å². The fourth-order valence-corrected chi connectivity index (χ4v) is 2.29. The second-order valence-corrected chi connectivity index (χ2v) is 5.54. The number of unbranched alkanes of at least 4 members (excludes halogenated alkanes) is 1. The molecule has 1 saturated heterocycles. The van der Waals surface area contributed by atoms with Crippen molar-refractivity contribution >= 4 is 11.9 Å². The number of carboxylic acids is 1. The van der Waals surface area contributed by atoms with Gasteiger partial charge in [-0.25, -0.2) is 0 Å². The molecule has 5 nitrogen and oxygen atoms in total. The normalized spacial score (nSPS) is 23.3. The maximum atomic E-state index is 11.7. The van der Waals surface area contributed by atoms with Crippen LogP contribution in [0.4, 0.5) is 0 Å². The average molecular weight is 271 g/mol. The van der Waals surface area contributed by atoms with Crippen LogP contribution >= 0.6 is 0 Å². The Morgan fingerprint density at radius 2 is 2.00 bits per heavy atom. The summed E-state index contributed by atoms with van der Waals surface area (Å²) in [6, 6.07) is 0.202. The van der Waals surface area contributed by atoms with E-state index in [1.165, 1.54) is 0 Å². The van der Waals surface area contributed by atoms with Gasteiger partial charge in [-0.1, -0.05) is 13.8 Å². The molecule has 2 atom stereocenters. The van der Waals surface area contributed by atoms with E-state index in [0.29, 0.717) is 31.8 Å². The number of amides is 1. The summed E-state index contributed by atoms with van der Waals surface area (Å²) in [6.45, 7) is 4.95. The molecular formula is C14H25NO4. The molecule has 0 aromatic rings. The second-order valence-electron chi connectivity index (χ2n) is 5.54. The van der Waals surface area contributed by atoms with E-state index in [0.717, 1.165) is 12.8 Å². The highest BCUT2D eigenvalue weighted by Crippen LogP contribution is 2.20. The molecule has 1 aliphatic rings. The average Bonchev–Trinajstić information content (AvgIpc) is 2.34. The number of carbonyl (C=O) groups excluding carboxylic acids is 1. The molecule has 0 bridgehead atoms. The SMILES string of the molecule is CC(C)C1CC(NC(=O)CCCCC(=O)O)CCO1. The van der Waals surface area contributed by atoms with Gasteiger partial charge in [0.15, 0.2) is 0 Å². The summed E-state index contributed by atoms with van der Waals surface area (Å²) >= 11 is 0. The van der Waals surface area contributed by atoms with Crippen LogP contribution in [0.3, 0.4) is 0 Å². The van der Waals surface area contributed by atoms with E-state index >= 15 is 0 Å². The van der Waals surface area contributed by atoms with Gasteiger partial charge in [0.1, 0.15) is 0 Å². The monoisotopic (exact) mass is 271 g/mol. The number of carboxylic acid groups (broad SMARTS) is 1. The van der Waals surface area contributed by atoms with Crippen molar-refractivity contribution in [3.05, 3.63) is 0 Å². The Balaban J connectivity index is 2.19. The number of hydrogen-bond acceptors (Lipinski definition) is 3. The number of carbonyl (C=O) groups is 2. The molecule has 19 heavy (non-hydrogen) atoms. The van der Waals surface area contributed by atoms with Crippen LogP contribution < -0.4 is 5.32 Å². The summed E-state index contributed by atoms with van der Waals surface area (Å²) in [6.07, 6.45) is 3.71. The third-order valence-electron chi connectivity index (χ3n) is 3.47. The Kier molecular flexibility index (Phi) is 6.84. The molecule has 1 amide bonds. The van der Waals surface area contributed by atoms with Gasteiger partial charge >= 0.3 is 5.97 Å². The van der Waals surface area contributed by atoms with E-state index in [1.807, 2.05) is 0 Å². The maximum Gasteiger partial charge on any atom is 0.303 e. The van der Waals surface area contributed by atoms with Gasteiger partial charge in [0, 0.05) is 25.5 Å². The molecule has 1 heterocycles. The molecule has 0 radical (unpaired) electrons. The van der Waals surface area contributed by atoms with Crippen LogP contribution in [0.1, 0.15) is 52.4 Å². The van der Waals surface area contributed by atoms with Crippen LogP contribution in [0.2, 0.25) is 0 Å². The van der Waals surface area contributed by atoms with Gasteiger partial charge in [-0.3, -0.25) is 9.59 Å². The first-order chi connectivity index (χ1) is 8.99. The molecule has 2 unspecified atom stereocenters. The standard InChI is InChI=1S/C14H25NO4/c1-10(2)12-9-11(7-8-19-12)15-13(16)5-3-4-6-14(17)18/h10-12H,3-9H2,1-2H3,(H,15,16)(H,17,18). The quantitative estimate of drug-likeness (QED) is 0.694. The summed E-state index contributed by atoms with van der Waals surface area (Å²) in [7, 11) is 0. The minimum absolute atomic E-state index is 0.0276. The van der Waals surface area contributed by atoms with E-state index in [4.69, 9.17) is 9.84 Å². The molecule has 5 heteroatoms. The van der Waals surface area contributed by atoms with Crippen molar-refractivity contribution in [1.82, 2.24) is 5.32 Å². The van der Waals surface area contributed by atoms with E-state index in [2.05, 4.69) is 19.2 Å². The zero-order valence-corrected chi connectivity index (χ0v) is 11.9. The highest BCUT2D eigenvalue weighted by molar-refractivity contribution is 5.76. The third kappa shape index (κ3) is 6.57. The molecule has 1 rings (SSSR count). The largest absolute Gasteiger partial charge is 0.481 e. The summed E-state index contributed by atoms with van der Waals surface area (Å²) in [4.78, 5) is 22.1. The van der Waals surface area contributed by atoms with Crippen molar-refractivity contribution in [1.29, 1.82) is 0 Å². The Morgan fingerprint density at radius 3 is 2.63 bits per heavy atom. The minimum Gasteiger partial charge on any atom is -0.481 e. The summed E-state index contributed by atoms with van der Waals surface area (Å²) in [5, 5.41) is 11.5. The minimum atomic E-state index is -0.801. The van der Waals surface area contributed by atoms with Crippen molar-refractivity contribution in [2.24, 2.45) is 5.92 Å². The van der Waals surface area contributed by atoms with Gasteiger partial charge in [0.2, 0.25) is 5.91 Å². The summed E-state index contributed by atoms with van der Waals surface area (Å²) < 4.78 is 5.66. The highest BCUT2D eigenvalue weighted by atomic mass is 16.5. The topological polar surface area (TPSA) is 75.6 Å². The Bertz CT molecular complexity index is 304. The fourth-order valence-electron chi connectivity index (χ4n) is 2.29. The zero-order valence-electron chi connectivity index (χ0n) is 11.9. The molecule has 0 aliphatic carbocycles. The number of ether oxygens (including phenoxy) is 1. The van der Waals surface area contributed by atoms with Gasteiger partial charge in [-0.2, -0.15) is 0 Å². The molecule has 110 valence electrons. The van der Waals surface area contributed by atoms with Crippen LogP contribution in [0.5, 0.6) is 0 Å². The summed E-state index contributed by atoms with van der Waals surface area (Å²) in [5.41, 5.74) is 0. The second kappa shape index (κ2) is 8.15. The maximum absolute atomic E-state index is 11.7. The fraction of sp³-hybridized carbons (Fsp3) is 0.857. The van der Waals surface area contributed by atoms with Gasteiger partial charge in [-0.05, 0) is 31.6 Å². The van der Waals surface area contributed by atoms with Crippen LogP contribution in [0, 0.1) is 5.92 Å². The highest BCUT2D eigenvalue weighted by Gasteiger charge is 2.25. The Hall–Kier alpha value is -1.10. The first kappa shape index (κ1) is 16.0. The summed E-state index contributed by atoms with van der Waals surface area (Å²) in [5.74, 6) is -0.306. The molecule has 0 aromatic heterocycles. The molecule has 0 aromatic carbocycles. The van der Waals surface area contributed by atoms with E-state index in [-0.39, 0.29) is 24.5 Å². The lowest BCUT2D eigenvalue weighted by Gasteiger charge is -2.32. The Morgan fingerprint density at radius 1 is 1.32 bits per heavy atom. The van der Waals surface area contributed by atoms with E-state index in [1.54, 1.807) is 0 Å². The van der Waals surface area contributed by atoms with E-state index < -0.39 is 5.97 Å². The number of aliphatic carboxylic acids is 1. The number of hydrogen-bond donors (Lipinski definition) is 2. The lowest BCUT2D eigenvalue weighted by molar-refractivity contribution is -0.137. The first-order valence-corrected chi connectivity index (χ1v) is 7.11. The molecule has 0 spiro atoms. The van der Waals surface area contributed by atoms with E-state index in [9.17, 15) is 9.59 Å². The van der Waals surface area contributed by atoms with Crippen molar-refractivity contribution in [3.63, 3.8) is 0 Å². The molecule has 0 saturated carbocycles. The van der Waals surface area contributed by atoms with Crippen molar-refractivity contribution < 1.29 is 19.4 Å². The first-order valence-electron chi connectivity index (χ1n) is 7.11. The van der Waals surface area contributed by atoms with Crippen molar-refractivity contribution in [3.8, 4) is 0 Å². The van der Waals surface area contributed by atoms with Gasteiger partial charge in [-0.15, -0.1) is 0 Å². The molecule has 1 fully saturated rings. The van der Waals surface area contributed by atoms with Gasteiger partial charge < -0.3 is 15.2 Å². The molecular weight excluding hydrogens is 246 g/mol. The third-order valence-corrected chi connectivity index (χ3v) is 3.47. The number of rotatable bonds is 7. The zero-order chi connectivity index (χ0) is 14.3. The van der Waals surface area contributed by atoms with Gasteiger partial charge in [0.25, 0.3) is 0 Å². The predicted octanol–water partition coefficient (Wildman–Crippen LogP) is 1.95. The Labute approximate surface area is 114 Å². The van der Waals surface area contributed by atoms with Gasteiger partial charge in [0.05, 0.1) is 6.10 Å². The molecule has 1 aliphatic heterocycles. The van der Waals surface area contributed by atoms with Crippen molar-refractivity contribution in [2.45, 2.75) is 64.5 Å². The lowest BCUT2D eigenvalue weighted by Crippen LogP contribution is -2.43. The molecule has 2 N–H and O–H groups in total. The number of nitrogens with one attached hydrogen (secondary N) is 1. The van der Waals surface area contributed by atoms with Crippen molar-refractivity contribution in [2.75, 3.05) is 6.61 Å². The van der Waals surface area contributed by atoms with Crippen LogP contribution in [-0.4, -0.2) is 35.7 Å². The smallest absolute Gasteiger partial charge is 0.303 e. The lowest BCUT2D eigenvalue weighted by atomic mass is 9.95. The van der Waals surface area contributed by atoms with Crippen LogP contribution in [0.15, 0.2) is 0 Å².